The lowest BCUT2D eigenvalue weighted by Gasteiger charge is -2.53. The Kier molecular flexibility index (Phi) is 7.81. The third-order valence-corrected chi connectivity index (χ3v) is 6.77. The highest BCUT2D eigenvalue weighted by molar-refractivity contribution is 5.89. The van der Waals surface area contributed by atoms with Crippen LogP contribution < -0.4 is 10.6 Å². The molecule has 2 heterocycles. The van der Waals surface area contributed by atoms with Crippen molar-refractivity contribution in [3.63, 3.8) is 0 Å². The van der Waals surface area contributed by atoms with Crippen molar-refractivity contribution in [2.75, 3.05) is 52.1 Å². The number of urea groups is 2. The number of nitrogens with one attached hydrogen (secondary N) is 2. The van der Waals surface area contributed by atoms with Crippen LogP contribution in [0.15, 0.2) is 30.3 Å². The van der Waals surface area contributed by atoms with E-state index in [4.69, 9.17) is 0 Å². The highest BCUT2D eigenvalue weighted by atomic mass is 16.2. The van der Waals surface area contributed by atoms with Gasteiger partial charge in [-0.15, -0.1) is 0 Å². The van der Waals surface area contributed by atoms with Gasteiger partial charge < -0.3 is 25.3 Å². The summed E-state index contributed by atoms with van der Waals surface area (Å²) in [5.74, 6) is 0.656. The van der Waals surface area contributed by atoms with Gasteiger partial charge in [0.1, 0.15) is 0 Å². The van der Waals surface area contributed by atoms with E-state index < -0.39 is 0 Å². The summed E-state index contributed by atoms with van der Waals surface area (Å²) in [6.45, 7) is 8.98. The van der Waals surface area contributed by atoms with E-state index in [1.54, 1.807) is 19.0 Å². The van der Waals surface area contributed by atoms with E-state index in [1.807, 2.05) is 35.2 Å². The summed E-state index contributed by atoms with van der Waals surface area (Å²) < 4.78 is 0. The maximum absolute atomic E-state index is 13.3. The quantitative estimate of drug-likeness (QED) is 0.750. The zero-order chi connectivity index (χ0) is 22.4. The number of amides is 4. The van der Waals surface area contributed by atoms with Crippen LogP contribution in [0.4, 0.5) is 15.3 Å². The molecule has 1 aromatic carbocycles. The average molecular weight is 430 g/mol. The minimum atomic E-state index is -0.110. The van der Waals surface area contributed by atoms with Gasteiger partial charge in [-0.25, -0.2) is 9.59 Å². The van der Waals surface area contributed by atoms with Gasteiger partial charge in [0, 0.05) is 39.4 Å². The van der Waals surface area contributed by atoms with Crippen molar-refractivity contribution >= 4 is 17.7 Å². The van der Waals surface area contributed by atoms with E-state index in [2.05, 4.69) is 29.4 Å². The van der Waals surface area contributed by atoms with Gasteiger partial charge in [-0.05, 0) is 62.2 Å². The predicted octanol–water partition coefficient (Wildman–Crippen LogP) is 3.69. The summed E-state index contributed by atoms with van der Waals surface area (Å²) in [5, 5.41) is 6.13. The summed E-state index contributed by atoms with van der Waals surface area (Å²) in [7, 11) is 3.49. The van der Waals surface area contributed by atoms with Crippen LogP contribution in [0.1, 0.15) is 39.5 Å². The normalized spacial score (nSPS) is 21.2. The standard InChI is InChI=1S/C24H39N5O2/c1-19(2)18-28-15-12-24(13-16-28)11-8-14-29(21(24)17-25-22(30)27(3)4)23(31)26-20-9-6-5-7-10-20/h5-7,9-10,19,21H,8,11-18H2,1-4H3,(H,25,30)(H,26,31). The molecule has 7 heteroatoms. The number of piperidine rings is 2. The maximum atomic E-state index is 13.3. The van der Waals surface area contributed by atoms with Crippen LogP contribution in [0.2, 0.25) is 0 Å². The van der Waals surface area contributed by atoms with E-state index in [-0.39, 0.29) is 23.5 Å². The Morgan fingerprint density at radius 3 is 2.39 bits per heavy atom. The molecule has 1 unspecified atom stereocenters. The van der Waals surface area contributed by atoms with E-state index in [0.29, 0.717) is 12.5 Å². The molecule has 2 saturated heterocycles. The fourth-order valence-corrected chi connectivity index (χ4v) is 5.16. The molecule has 0 aromatic heterocycles. The average Bonchev–Trinajstić information content (AvgIpc) is 2.74. The van der Waals surface area contributed by atoms with Crippen LogP contribution in [0.5, 0.6) is 0 Å². The summed E-state index contributed by atoms with van der Waals surface area (Å²) in [4.78, 5) is 31.6. The predicted molar refractivity (Wildman–Crippen MR) is 125 cm³/mol. The molecule has 2 fully saturated rings. The highest BCUT2D eigenvalue weighted by Gasteiger charge is 2.47. The minimum Gasteiger partial charge on any atom is -0.336 e. The molecule has 3 rings (SSSR count). The molecule has 2 N–H and O–H groups in total. The molecule has 7 nitrogen and oxygen atoms in total. The molecule has 2 aliphatic rings. The van der Waals surface area contributed by atoms with E-state index in [1.165, 1.54) is 0 Å². The fraction of sp³-hybridized carbons (Fsp3) is 0.667. The first kappa shape index (κ1) is 23.4. The lowest BCUT2D eigenvalue weighted by atomic mass is 9.66. The van der Waals surface area contributed by atoms with Crippen LogP contribution in [0, 0.1) is 11.3 Å². The van der Waals surface area contributed by atoms with Crippen molar-refractivity contribution in [2.24, 2.45) is 11.3 Å². The van der Waals surface area contributed by atoms with Gasteiger partial charge in [-0.2, -0.15) is 0 Å². The fourth-order valence-electron chi connectivity index (χ4n) is 5.16. The molecule has 1 aromatic rings. The number of anilines is 1. The topological polar surface area (TPSA) is 67.9 Å². The van der Waals surface area contributed by atoms with E-state index in [9.17, 15) is 9.59 Å². The second kappa shape index (κ2) is 10.4. The van der Waals surface area contributed by atoms with Crippen LogP contribution in [-0.4, -0.2) is 79.6 Å². The van der Waals surface area contributed by atoms with Gasteiger partial charge >= 0.3 is 12.1 Å². The number of benzene rings is 1. The monoisotopic (exact) mass is 429 g/mol. The molecule has 1 spiro atoms. The van der Waals surface area contributed by atoms with Crippen molar-refractivity contribution in [3.05, 3.63) is 30.3 Å². The number of carbonyl (C=O) groups is 2. The van der Waals surface area contributed by atoms with Gasteiger partial charge in [0.15, 0.2) is 0 Å². The molecular formula is C24H39N5O2. The Morgan fingerprint density at radius 2 is 1.77 bits per heavy atom. The molecule has 0 bridgehead atoms. The van der Waals surface area contributed by atoms with Crippen molar-refractivity contribution < 1.29 is 9.59 Å². The first-order valence-electron chi connectivity index (χ1n) is 11.6. The molecule has 4 amide bonds. The van der Waals surface area contributed by atoms with Gasteiger partial charge in [0.05, 0.1) is 6.04 Å². The maximum Gasteiger partial charge on any atom is 0.322 e. The third-order valence-electron chi connectivity index (χ3n) is 6.77. The zero-order valence-corrected chi connectivity index (χ0v) is 19.6. The van der Waals surface area contributed by atoms with Crippen LogP contribution >= 0.6 is 0 Å². The molecule has 1 atom stereocenters. The Bertz CT molecular complexity index is 729. The first-order valence-corrected chi connectivity index (χ1v) is 11.6. The molecule has 0 radical (unpaired) electrons. The Morgan fingerprint density at radius 1 is 1.10 bits per heavy atom. The van der Waals surface area contributed by atoms with Gasteiger partial charge in [-0.1, -0.05) is 32.0 Å². The number of carbonyl (C=O) groups excluding carboxylic acids is 2. The molecule has 31 heavy (non-hydrogen) atoms. The summed E-state index contributed by atoms with van der Waals surface area (Å²) in [6, 6.07) is 9.42. The van der Waals surface area contributed by atoms with Crippen LogP contribution in [0.25, 0.3) is 0 Å². The van der Waals surface area contributed by atoms with Crippen LogP contribution in [-0.2, 0) is 0 Å². The van der Waals surface area contributed by atoms with Crippen molar-refractivity contribution in [1.29, 1.82) is 0 Å². The number of rotatable bonds is 5. The largest absolute Gasteiger partial charge is 0.336 e. The number of hydrogen-bond acceptors (Lipinski definition) is 3. The Labute approximate surface area is 187 Å². The molecule has 2 aliphatic heterocycles. The lowest BCUT2D eigenvalue weighted by molar-refractivity contribution is -0.0121. The molecule has 0 saturated carbocycles. The minimum absolute atomic E-state index is 0.00457. The summed E-state index contributed by atoms with van der Waals surface area (Å²) >= 11 is 0. The second-order valence-corrected chi connectivity index (χ2v) is 9.75. The lowest BCUT2D eigenvalue weighted by Crippen LogP contribution is -2.62. The first-order chi connectivity index (χ1) is 14.8. The van der Waals surface area contributed by atoms with Crippen molar-refractivity contribution in [2.45, 2.75) is 45.6 Å². The van der Waals surface area contributed by atoms with E-state index in [0.717, 1.165) is 57.5 Å². The van der Waals surface area contributed by atoms with Crippen molar-refractivity contribution in [3.8, 4) is 0 Å². The summed E-state index contributed by atoms with van der Waals surface area (Å²) in [5.41, 5.74) is 0.856. The van der Waals surface area contributed by atoms with Gasteiger partial charge in [0.25, 0.3) is 0 Å². The smallest absolute Gasteiger partial charge is 0.322 e. The number of hydrogen-bond donors (Lipinski definition) is 2. The summed E-state index contributed by atoms with van der Waals surface area (Å²) in [6.07, 6.45) is 4.25. The SMILES string of the molecule is CC(C)CN1CCC2(CCCN(C(=O)Nc3ccccc3)C2CNC(=O)N(C)C)CC1. The Hall–Kier alpha value is -2.28. The second-order valence-electron chi connectivity index (χ2n) is 9.75. The molecule has 172 valence electrons. The van der Waals surface area contributed by atoms with Crippen molar-refractivity contribution in [1.82, 2.24) is 20.0 Å². The van der Waals surface area contributed by atoms with Crippen LogP contribution in [0.3, 0.4) is 0 Å². The highest BCUT2D eigenvalue weighted by Crippen LogP contribution is 2.44. The number of likely N-dealkylation sites (tertiary alicyclic amines) is 2. The number of nitrogens with zero attached hydrogens (tertiary/aromatic N) is 3. The van der Waals surface area contributed by atoms with Gasteiger partial charge in [-0.3, -0.25) is 0 Å². The van der Waals surface area contributed by atoms with Gasteiger partial charge in [0.2, 0.25) is 0 Å². The zero-order valence-electron chi connectivity index (χ0n) is 19.6. The van der Waals surface area contributed by atoms with E-state index >= 15 is 0 Å². The Balaban J connectivity index is 1.77. The number of para-hydroxylation sites is 1. The molecular weight excluding hydrogens is 390 g/mol. The third kappa shape index (κ3) is 5.91. The molecule has 0 aliphatic carbocycles.